The highest BCUT2D eigenvalue weighted by Crippen LogP contribution is 2.23. The first-order chi connectivity index (χ1) is 15.0. The van der Waals surface area contributed by atoms with Gasteiger partial charge >= 0.3 is 0 Å². The van der Waals surface area contributed by atoms with E-state index < -0.39 is 0 Å². The molecule has 0 spiro atoms. The minimum atomic E-state index is -0.266. The molecule has 0 aliphatic heterocycles. The smallest absolute Gasteiger partial charge is 0.281 e. The van der Waals surface area contributed by atoms with Crippen LogP contribution in [0.2, 0.25) is 5.02 Å². The van der Waals surface area contributed by atoms with Gasteiger partial charge in [0.2, 0.25) is 5.95 Å². The molecule has 6 nitrogen and oxygen atoms in total. The molecule has 1 N–H and O–H groups in total. The number of carbonyl (C=O) groups excluding carboxylic acids is 1. The highest BCUT2D eigenvalue weighted by atomic mass is 35.5. The second-order valence-electron chi connectivity index (χ2n) is 7.02. The molecule has 0 radical (unpaired) electrons. The van der Waals surface area contributed by atoms with Crippen LogP contribution in [0.1, 0.15) is 21.5 Å². The van der Waals surface area contributed by atoms with Crippen LogP contribution in [0, 0.1) is 6.92 Å². The van der Waals surface area contributed by atoms with Gasteiger partial charge in [-0.2, -0.15) is 9.67 Å². The van der Waals surface area contributed by atoms with Crippen LogP contribution in [0.15, 0.2) is 72.8 Å². The van der Waals surface area contributed by atoms with Crippen LogP contribution in [0.25, 0.3) is 11.4 Å². The summed E-state index contributed by atoms with van der Waals surface area (Å²) in [5.74, 6) is 1.25. The number of hydrogen-bond acceptors (Lipinski definition) is 5. The van der Waals surface area contributed by atoms with Crippen LogP contribution < -0.4 is 10.1 Å². The monoisotopic (exact) mass is 432 g/mol. The van der Waals surface area contributed by atoms with Gasteiger partial charge in [-0.1, -0.05) is 47.5 Å². The van der Waals surface area contributed by atoms with E-state index in [-0.39, 0.29) is 5.91 Å². The van der Waals surface area contributed by atoms with Gasteiger partial charge in [0.15, 0.2) is 5.82 Å². The normalized spacial score (nSPS) is 10.7. The molecule has 0 atom stereocenters. The summed E-state index contributed by atoms with van der Waals surface area (Å²) in [5.41, 5.74) is 3.20. The fourth-order valence-electron chi connectivity index (χ4n) is 3.15. The van der Waals surface area contributed by atoms with Gasteiger partial charge in [-0.25, -0.2) is 0 Å². The Hall–Kier alpha value is -3.64. The molecule has 0 fully saturated rings. The molecule has 0 bridgehead atoms. The summed E-state index contributed by atoms with van der Waals surface area (Å²) in [5, 5.41) is 8.34. The first kappa shape index (κ1) is 20.6. The predicted molar refractivity (Wildman–Crippen MR) is 122 cm³/mol. The topological polar surface area (TPSA) is 69.0 Å². The summed E-state index contributed by atoms with van der Waals surface area (Å²) in [7, 11) is 1.61. The molecule has 0 aliphatic rings. The maximum absolute atomic E-state index is 13.2. The van der Waals surface area contributed by atoms with Gasteiger partial charge in [-0.15, -0.1) is 5.10 Å². The highest BCUT2D eigenvalue weighted by molar-refractivity contribution is 6.31. The van der Waals surface area contributed by atoms with E-state index in [0.29, 0.717) is 28.9 Å². The van der Waals surface area contributed by atoms with Gasteiger partial charge in [0.1, 0.15) is 5.75 Å². The standard InChI is InChI=1S/C24H21ClN4O2/c1-16-6-5-8-18(14-16)23(30)29-24(26-15-19-7-3-4-9-21(19)25)27-22(28-29)17-10-12-20(31-2)13-11-17/h3-14H,15H2,1-2H3,(H,26,27,28). The van der Waals surface area contributed by atoms with Crippen LogP contribution in [0.4, 0.5) is 5.95 Å². The third-order valence-corrected chi connectivity index (χ3v) is 5.18. The second-order valence-corrected chi connectivity index (χ2v) is 7.43. The lowest BCUT2D eigenvalue weighted by atomic mass is 10.1. The van der Waals surface area contributed by atoms with E-state index in [0.717, 1.165) is 22.4 Å². The number of aromatic nitrogens is 3. The number of nitrogens with zero attached hydrogens (tertiary/aromatic N) is 3. The molecule has 0 saturated heterocycles. The van der Waals surface area contributed by atoms with E-state index in [2.05, 4.69) is 15.4 Å². The number of anilines is 1. The first-order valence-corrected chi connectivity index (χ1v) is 10.1. The Morgan fingerprint density at radius 2 is 1.84 bits per heavy atom. The highest BCUT2D eigenvalue weighted by Gasteiger charge is 2.19. The van der Waals surface area contributed by atoms with E-state index in [4.69, 9.17) is 16.3 Å². The second kappa shape index (κ2) is 9.02. The molecule has 0 saturated carbocycles. The summed E-state index contributed by atoms with van der Waals surface area (Å²) in [4.78, 5) is 17.8. The predicted octanol–water partition coefficient (Wildman–Crippen LogP) is 5.22. The van der Waals surface area contributed by atoms with Gasteiger partial charge < -0.3 is 10.1 Å². The molecule has 1 aromatic heterocycles. The van der Waals surface area contributed by atoms with Crippen molar-refractivity contribution in [2.75, 3.05) is 12.4 Å². The van der Waals surface area contributed by atoms with E-state index in [9.17, 15) is 4.79 Å². The van der Waals surface area contributed by atoms with Crippen molar-refractivity contribution < 1.29 is 9.53 Å². The van der Waals surface area contributed by atoms with Gasteiger partial charge in [0.05, 0.1) is 7.11 Å². The van der Waals surface area contributed by atoms with E-state index in [1.807, 2.05) is 73.7 Å². The Bertz CT molecular complexity index is 1220. The van der Waals surface area contributed by atoms with Crippen molar-refractivity contribution >= 4 is 23.5 Å². The van der Waals surface area contributed by atoms with Crippen molar-refractivity contribution in [3.8, 4) is 17.1 Å². The number of ether oxygens (including phenoxy) is 1. The Morgan fingerprint density at radius 1 is 1.06 bits per heavy atom. The largest absolute Gasteiger partial charge is 0.497 e. The quantitative estimate of drug-likeness (QED) is 0.452. The van der Waals surface area contributed by atoms with Gasteiger partial charge in [-0.05, 0) is 55.0 Å². The van der Waals surface area contributed by atoms with Crippen molar-refractivity contribution in [1.82, 2.24) is 14.8 Å². The lowest BCUT2D eigenvalue weighted by Crippen LogP contribution is -2.17. The van der Waals surface area contributed by atoms with Gasteiger partial charge in [-0.3, -0.25) is 4.79 Å². The van der Waals surface area contributed by atoms with E-state index in [1.54, 1.807) is 13.2 Å². The van der Waals surface area contributed by atoms with Crippen molar-refractivity contribution in [2.24, 2.45) is 0 Å². The number of hydrogen-bond donors (Lipinski definition) is 1. The number of methoxy groups -OCH3 is 1. The molecular weight excluding hydrogens is 412 g/mol. The number of halogens is 1. The van der Waals surface area contributed by atoms with Gasteiger partial charge in [0.25, 0.3) is 5.91 Å². The van der Waals surface area contributed by atoms with E-state index in [1.165, 1.54) is 4.68 Å². The van der Waals surface area contributed by atoms with Crippen LogP contribution in [0.3, 0.4) is 0 Å². The molecule has 4 aromatic rings. The lowest BCUT2D eigenvalue weighted by molar-refractivity contribution is 0.0947. The molecular formula is C24H21ClN4O2. The van der Waals surface area contributed by atoms with E-state index >= 15 is 0 Å². The minimum absolute atomic E-state index is 0.266. The molecule has 0 amide bonds. The molecule has 1 heterocycles. The first-order valence-electron chi connectivity index (χ1n) is 9.75. The molecule has 0 unspecified atom stereocenters. The minimum Gasteiger partial charge on any atom is -0.497 e. The Kier molecular flexibility index (Phi) is 6.00. The number of carbonyl (C=O) groups is 1. The number of nitrogens with one attached hydrogen (secondary N) is 1. The molecule has 31 heavy (non-hydrogen) atoms. The van der Waals surface area contributed by atoms with Crippen LogP contribution in [0.5, 0.6) is 5.75 Å². The number of rotatable bonds is 6. The number of aryl methyl sites for hydroxylation is 1. The maximum Gasteiger partial charge on any atom is 0.281 e. The number of benzene rings is 3. The van der Waals surface area contributed by atoms with Crippen LogP contribution >= 0.6 is 11.6 Å². The average Bonchev–Trinajstić information content (AvgIpc) is 3.22. The zero-order valence-electron chi connectivity index (χ0n) is 17.2. The zero-order valence-corrected chi connectivity index (χ0v) is 17.9. The maximum atomic E-state index is 13.2. The van der Waals surface area contributed by atoms with Crippen molar-refractivity contribution in [3.05, 3.63) is 94.5 Å². The van der Waals surface area contributed by atoms with Crippen molar-refractivity contribution in [2.45, 2.75) is 13.5 Å². The summed E-state index contributed by atoms with van der Waals surface area (Å²) < 4.78 is 6.51. The lowest BCUT2D eigenvalue weighted by Gasteiger charge is -2.08. The summed E-state index contributed by atoms with van der Waals surface area (Å²) in [6.45, 7) is 2.35. The zero-order chi connectivity index (χ0) is 21.8. The molecule has 4 rings (SSSR count). The fourth-order valence-corrected chi connectivity index (χ4v) is 3.35. The fraction of sp³-hybridized carbons (Fsp3) is 0.125. The third-order valence-electron chi connectivity index (χ3n) is 4.81. The summed E-state index contributed by atoms with van der Waals surface area (Å²) >= 11 is 6.27. The summed E-state index contributed by atoms with van der Waals surface area (Å²) in [6.07, 6.45) is 0. The van der Waals surface area contributed by atoms with Crippen LogP contribution in [-0.4, -0.2) is 27.8 Å². The SMILES string of the molecule is COc1ccc(-c2nc(NCc3ccccc3Cl)n(C(=O)c3cccc(C)c3)n2)cc1. The molecule has 3 aromatic carbocycles. The van der Waals surface area contributed by atoms with Crippen molar-refractivity contribution in [3.63, 3.8) is 0 Å². The Morgan fingerprint density at radius 3 is 2.55 bits per heavy atom. The molecule has 0 aliphatic carbocycles. The third kappa shape index (κ3) is 4.59. The molecule has 156 valence electrons. The Balaban J connectivity index is 1.70. The van der Waals surface area contributed by atoms with Crippen LogP contribution in [-0.2, 0) is 6.54 Å². The van der Waals surface area contributed by atoms with Gasteiger partial charge in [0, 0.05) is 22.7 Å². The average molecular weight is 433 g/mol. The van der Waals surface area contributed by atoms with Crippen molar-refractivity contribution in [1.29, 1.82) is 0 Å². The Labute approximate surface area is 185 Å². The summed E-state index contributed by atoms with van der Waals surface area (Å²) in [6, 6.07) is 22.3. The molecule has 7 heteroatoms.